The predicted octanol–water partition coefficient (Wildman–Crippen LogP) is 3.27. The number of piperidine rings is 1. The van der Waals surface area contributed by atoms with Crippen LogP contribution in [0.1, 0.15) is 38.3 Å². The Kier molecular flexibility index (Phi) is 6.93. The van der Waals surface area contributed by atoms with Crippen molar-refractivity contribution in [1.29, 1.82) is 0 Å². The van der Waals surface area contributed by atoms with Crippen molar-refractivity contribution in [1.82, 2.24) is 9.88 Å². The van der Waals surface area contributed by atoms with E-state index >= 15 is 0 Å². The molecule has 3 heterocycles. The predicted molar refractivity (Wildman–Crippen MR) is 121 cm³/mol. The highest BCUT2D eigenvalue weighted by atomic mass is 32.1. The minimum absolute atomic E-state index is 0.186. The average Bonchev–Trinajstić information content (AvgIpc) is 3.43. The van der Waals surface area contributed by atoms with Crippen molar-refractivity contribution >= 4 is 39.7 Å². The number of rotatable bonds is 7. The topological polar surface area (TPSA) is 87.1 Å². The number of benzene rings is 1. The number of ether oxygens (including phenoxy) is 1. The molecule has 9 heteroatoms. The van der Waals surface area contributed by atoms with Gasteiger partial charge in [0.15, 0.2) is 5.13 Å². The molecule has 1 N–H and O–H groups in total. The third-order valence-corrected chi connectivity index (χ3v) is 6.17. The monoisotopic (exact) mass is 441 g/mol. The standard InChI is InChI=1S/C22H27N5O3S/c1-2-30-21(29)18-13-19(27(25-18)17-9-5-3-6-10-17)20(28)24-22-23-16(15-31-22)14-26-11-7-4-8-12-26/h3,5-6,9-10,15,19H,2,4,7-8,11-14H2,1H3,(H,23,24,28). The second-order valence-corrected chi connectivity index (χ2v) is 8.50. The lowest BCUT2D eigenvalue weighted by Gasteiger charge is -2.25. The normalized spacial score (nSPS) is 19.2. The van der Waals surface area contributed by atoms with Gasteiger partial charge in [0.25, 0.3) is 5.91 Å². The summed E-state index contributed by atoms with van der Waals surface area (Å²) in [5, 5.41) is 11.5. The Balaban J connectivity index is 1.44. The Morgan fingerprint density at radius 1 is 1.19 bits per heavy atom. The van der Waals surface area contributed by atoms with Crippen LogP contribution < -0.4 is 10.3 Å². The van der Waals surface area contributed by atoms with Crippen LogP contribution in [0.15, 0.2) is 40.8 Å². The minimum Gasteiger partial charge on any atom is -0.461 e. The van der Waals surface area contributed by atoms with E-state index in [1.165, 1.54) is 30.6 Å². The average molecular weight is 442 g/mol. The van der Waals surface area contributed by atoms with Crippen molar-refractivity contribution in [2.75, 3.05) is 30.0 Å². The largest absolute Gasteiger partial charge is 0.461 e. The number of anilines is 2. The molecule has 0 aliphatic carbocycles. The number of para-hydroxylation sites is 1. The molecule has 1 fully saturated rings. The molecular formula is C22H27N5O3S. The number of nitrogens with one attached hydrogen (secondary N) is 1. The molecule has 0 bridgehead atoms. The van der Waals surface area contributed by atoms with E-state index in [1.807, 2.05) is 35.7 Å². The van der Waals surface area contributed by atoms with E-state index in [2.05, 4.69) is 20.3 Å². The Morgan fingerprint density at radius 3 is 2.71 bits per heavy atom. The molecule has 1 unspecified atom stereocenters. The second kappa shape index (κ2) is 10.0. The summed E-state index contributed by atoms with van der Waals surface area (Å²) in [6.45, 7) is 5.01. The molecule has 1 saturated heterocycles. The number of aromatic nitrogens is 1. The number of nitrogens with zero attached hydrogens (tertiary/aromatic N) is 4. The van der Waals surface area contributed by atoms with Crippen LogP contribution in [-0.4, -0.2) is 53.2 Å². The molecule has 8 nitrogen and oxygen atoms in total. The van der Waals surface area contributed by atoms with Gasteiger partial charge in [0.1, 0.15) is 11.8 Å². The van der Waals surface area contributed by atoms with Gasteiger partial charge in [0.05, 0.1) is 18.0 Å². The molecule has 0 radical (unpaired) electrons. The Labute approximate surface area is 185 Å². The van der Waals surface area contributed by atoms with Crippen molar-refractivity contribution in [2.24, 2.45) is 5.10 Å². The van der Waals surface area contributed by atoms with Gasteiger partial charge in [-0.25, -0.2) is 9.78 Å². The zero-order valence-electron chi connectivity index (χ0n) is 17.6. The number of carbonyl (C=O) groups is 2. The fraction of sp³-hybridized carbons (Fsp3) is 0.455. The van der Waals surface area contributed by atoms with E-state index in [0.29, 0.717) is 5.13 Å². The summed E-state index contributed by atoms with van der Waals surface area (Å²) >= 11 is 1.42. The number of hydrogen-bond acceptors (Lipinski definition) is 8. The van der Waals surface area contributed by atoms with Crippen LogP contribution in [0.25, 0.3) is 0 Å². The van der Waals surface area contributed by atoms with E-state index in [0.717, 1.165) is 31.0 Å². The second-order valence-electron chi connectivity index (χ2n) is 7.64. The van der Waals surface area contributed by atoms with Crippen LogP contribution in [0.5, 0.6) is 0 Å². The van der Waals surface area contributed by atoms with Gasteiger partial charge in [-0.05, 0) is 45.0 Å². The summed E-state index contributed by atoms with van der Waals surface area (Å²) in [6, 6.07) is 8.71. The van der Waals surface area contributed by atoms with Crippen LogP contribution in [0.4, 0.5) is 10.8 Å². The fourth-order valence-electron chi connectivity index (χ4n) is 3.84. The molecule has 1 aromatic heterocycles. The van der Waals surface area contributed by atoms with Crippen LogP contribution in [-0.2, 0) is 20.9 Å². The van der Waals surface area contributed by atoms with Crippen molar-refractivity contribution < 1.29 is 14.3 Å². The SMILES string of the molecule is CCOC(=O)C1=NN(c2ccccc2)C(C(=O)Nc2nc(CN3CCCCC3)cs2)C1. The van der Waals surface area contributed by atoms with Crippen molar-refractivity contribution in [3.63, 3.8) is 0 Å². The third-order valence-electron chi connectivity index (χ3n) is 5.36. The van der Waals surface area contributed by atoms with Gasteiger partial charge in [-0.15, -0.1) is 11.3 Å². The van der Waals surface area contributed by atoms with Crippen molar-refractivity contribution in [2.45, 2.75) is 45.2 Å². The van der Waals surface area contributed by atoms with E-state index in [9.17, 15) is 9.59 Å². The van der Waals surface area contributed by atoms with Gasteiger partial charge in [0, 0.05) is 18.3 Å². The van der Waals surface area contributed by atoms with Gasteiger partial charge >= 0.3 is 5.97 Å². The van der Waals surface area contributed by atoms with Gasteiger partial charge < -0.3 is 10.1 Å². The molecule has 1 atom stereocenters. The lowest BCUT2D eigenvalue weighted by molar-refractivity contribution is -0.135. The van der Waals surface area contributed by atoms with Gasteiger partial charge in [-0.3, -0.25) is 14.7 Å². The van der Waals surface area contributed by atoms with E-state index in [4.69, 9.17) is 4.74 Å². The summed E-state index contributed by atoms with van der Waals surface area (Å²) in [5.74, 6) is -0.734. The maximum Gasteiger partial charge on any atom is 0.354 e. The van der Waals surface area contributed by atoms with Crippen molar-refractivity contribution in [3.05, 3.63) is 41.4 Å². The van der Waals surface area contributed by atoms with Crippen LogP contribution in [0, 0.1) is 0 Å². The van der Waals surface area contributed by atoms with E-state index in [-0.39, 0.29) is 24.6 Å². The highest BCUT2D eigenvalue weighted by Crippen LogP contribution is 2.27. The first-order chi connectivity index (χ1) is 15.1. The molecule has 164 valence electrons. The lowest BCUT2D eigenvalue weighted by Crippen LogP contribution is -2.38. The van der Waals surface area contributed by atoms with Crippen LogP contribution in [0.3, 0.4) is 0 Å². The number of hydrazone groups is 1. The smallest absolute Gasteiger partial charge is 0.354 e. The first-order valence-corrected chi connectivity index (χ1v) is 11.6. The number of hydrogen-bond donors (Lipinski definition) is 1. The first-order valence-electron chi connectivity index (χ1n) is 10.7. The minimum atomic E-state index is -0.642. The molecule has 1 aromatic carbocycles. The highest BCUT2D eigenvalue weighted by Gasteiger charge is 2.37. The van der Waals surface area contributed by atoms with Crippen LogP contribution in [0.2, 0.25) is 0 Å². The summed E-state index contributed by atoms with van der Waals surface area (Å²) in [4.78, 5) is 32.3. The number of amides is 1. The first kappa shape index (κ1) is 21.5. The van der Waals surface area contributed by atoms with E-state index in [1.54, 1.807) is 11.9 Å². The molecule has 0 spiro atoms. The van der Waals surface area contributed by atoms with Gasteiger partial charge in [-0.2, -0.15) is 5.10 Å². The van der Waals surface area contributed by atoms with E-state index < -0.39 is 12.0 Å². The maximum atomic E-state index is 13.1. The molecule has 31 heavy (non-hydrogen) atoms. The summed E-state index contributed by atoms with van der Waals surface area (Å²) in [5.41, 5.74) is 1.96. The maximum absolute atomic E-state index is 13.1. The number of esters is 1. The Bertz CT molecular complexity index is 940. The van der Waals surface area contributed by atoms with Crippen LogP contribution >= 0.6 is 11.3 Å². The number of likely N-dealkylation sites (tertiary alicyclic amines) is 1. The van der Waals surface area contributed by atoms with Gasteiger partial charge in [0.2, 0.25) is 0 Å². The fourth-order valence-corrected chi connectivity index (χ4v) is 4.55. The quantitative estimate of drug-likeness (QED) is 0.664. The summed E-state index contributed by atoms with van der Waals surface area (Å²) < 4.78 is 5.09. The van der Waals surface area contributed by atoms with Crippen molar-refractivity contribution in [3.8, 4) is 0 Å². The Morgan fingerprint density at radius 2 is 1.97 bits per heavy atom. The number of carbonyl (C=O) groups excluding carboxylic acids is 2. The zero-order chi connectivity index (χ0) is 21.6. The lowest BCUT2D eigenvalue weighted by atomic mass is 10.1. The third kappa shape index (κ3) is 5.29. The Hall–Kier alpha value is -2.78. The van der Waals surface area contributed by atoms with Gasteiger partial charge in [-0.1, -0.05) is 24.6 Å². The molecule has 4 rings (SSSR count). The summed E-state index contributed by atoms with van der Waals surface area (Å²) in [6.07, 6.45) is 3.94. The summed E-state index contributed by atoms with van der Waals surface area (Å²) in [7, 11) is 0. The number of thiazole rings is 1. The highest BCUT2D eigenvalue weighted by molar-refractivity contribution is 7.13. The molecule has 0 saturated carbocycles. The molecular weight excluding hydrogens is 414 g/mol. The molecule has 2 aliphatic rings. The zero-order valence-corrected chi connectivity index (χ0v) is 18.4. The molecule has 2 aliphatic heterocycles. The molecule has 1 amide bonds. The molecule has 2 aromatic rings.